The van der Waals surface area contributed by atoms with Crippen LogP contribution in [0.1, 0.15) is 80.2 Å². The first-order chi connectivity index (χ1) is 18.5. The Morgan fingerprint density at radius 2 is 1.69 bits per heavy atom. The monoisotopic (exact) mass is 521 g/mol. The fourth-order valence-corrected chi connectivity index (χ4v) is 6.71. The van der Waals surface area contributed by atoms with Gasteiger partial charge in [-0.15, -0.1) is 0 Å². The van der Waals surface area contributed by atoms with E-state index in [1.807, 2.05) is 18.2 Å². The molecule has 2 heterocycles. The number of furan rings is 1. The number of fused-ring (bicyclic) bond motifs is 3. The van der Waals surface area contributed by atoms with Crippen molar-refractivity contribution in [1.82, 2.24) is 0 Å². The van der Waals surface area contributed by atoms with Crippen molar-refractivity contribution in [2.24, 2.45) is 10.4 Å². The maximum atomic E-state index is 14.0. The van der Waals surface area contributed by atoms with Gasteiger partial charge in [0, 0.05) is 40.1 Å². The molecule has 4 heteroatoms. The van der Waals surface area contributed by atoms with Gasteiger partial charge < -0.3 is 4.42 Å². The van der Waals surface area contributed by atoms with E-state index in [4.69, 9.17) is 9.41 Å². The molecule has 0 saturated heterocycles. The summed E-state index contributed by atoms with van der Waals surface area (Å²) in [4.78, 5) is 5.26. The first kappa shape index (κ1) is 24.5. The normalized spacial score (nSPS) is 17.4. The highest BCUT2D eigenvalue weighted by Crippen LogP contribution is 2.46. The summed E-state index contributed by atoms with van der Waals surface area (Å²) in [5, 5.41) is 4.50. The lowest BCUT2D eigenvalue weighted by molar-refractivity contribution is -0.0382. The fraction of sp³-hybridized carbons (Fsp3) is 0.343. The van der Waals surface area contributed by atoms with E-state index < -0.39 is 5.92 Å². The van der Waals surface area contributed by atoms with Crippen LogP contribution in [0.2, 0.25) is 0 Å². The molecule has 0 N–H and O–H groups in total. The molecule has 2 nitrogen and oxygen atoms in total. The summed E-state index contributed by atoms with van der Waals surface area (Å²) >= 11 is 0. The van der Waals surface area contributed by atoms with Crippen LogP contribution < -0.4 is 0 Å². The van der Waals surface area contributed by atoms with E-state index in [1.54, 1.807) is 0 Å². The number of rotatable bonds is 3. The van der Waals surface area contributed by atoms with E-state index in [0.29, 0.717) is 12.8 Å². The second kappa shape index (κ2) is 8.48. The molecule has 1 aliphatic carbocycles. The molecule has 5 aromatic rings. The van der Waals surface area contributed by atoms with E-state index in [2.05, 4.69) is 70.2 Å². The lowest BCUT2D eigenvalue weighted by atomic mass is 9.80. The van der Waals surface area contributed by atoms with E-state index in [-0.39, 0.29) is 24.2 Å². The fourth-order valence-electron chi connectivity index (χ4n) is 6.71. The molecule has 2 aliphatic rings. The average molecular weight is 522 g/mol. The lowest BCUT2D eigenvalue weighted by Crippen LogP contribution is -2.23. The smallest absolute Gasteiger partial charge is 0.248 e. The van der Waals surface area contributed by atoms with Gasteiger partial charge >= 0.3 is 0 Å². The van der Waals surface area contributed by atoms with Gasteiger partial charge in [-0.25, -0.2) is 13.8 Å². The third-order valence-electron chi connectivity index (χ3n) is 8.40. The zero-order valence-corrected chi connectivity index (χ0v) is 23.0. The molecule has 7 rings (SSSR count). The van der Waals surface area contributed by atoms with Crippen molar-refractivity contribution in [3.8, 4) is 0 Å². The van der Waals surface area contributed by atoms with Crippen LogP contribution in [0.15, 0.2) is 70.1 Å². The number of halogens is 2. The molecule has 0 radical (unpaired) electrons. The molecule has 198 valence electrons. The molecule has 0 atom stereocenters. The summed E-state index contributed by atoms with van der Waals surface area (Å²) in [5.74, 6) is -2.41. The van der Waals surface area contributed by atoms with E-state index in [0.717, 1.165) is 72.8 Å². The van der Waals surface area contributed by atoms with E-state index in [9.17, 15) is 8.78 Å². The van der Waals surface area contributed by atoms with Crippen molar-refractivity contribution in [2.75, 3.05) is 0 Å². The minimum absolute atomic E-state index is 0.0429. The van der Waals surface area contributed by atoms with Gasteiger partial charge in [0.15, 0.2) is 0 Å². The maximum absolute atomic E-state index is 14.0. The van der Waals surface area contributed by atoms with Crippen molar-refractivity contribution in [1.29, 1.82) is 0 Å². The predicted molar refractivity (Wildman–Crippen MR) is 157 cm³/mol. The molecule has 1 aromatic heterocycles. The molecule has 0 unspecified atom stereocenters. The quantitative estimate of drug-likeness (QED) is 0.227. The SMILES string of the molecule is Cc1cc(C2=Nc3cc(CC(C)(C)C)cc4cc(C5CCC(F)(F)CC5)cc2c34)c2oc3ccccc3c2c1. The topological polar surface area (TPSA) is 25.5 Å². The summed E-state index contributed by atoms with van der Waals surface area (Å²) in [5.41, 5.74) is 9.39. The van der Waals surface area contributed by atoms with Gasteiger partial charge in [-0.3, -0.25) is 0 Å². The molecule has 0 amide bonds. The average Bonchev–Trinajstić information content (AvgIpc) is 3.41. The minimum atomic E-state index is -2.54. The number of alkyl halides is 2. The van der Waals surface area contributed by atoms with Gasteiger partial charge in [0.05, 0.1) is 11.4 Å². The van der Waals surface area contributed by atoms with Crippen LogP contribution in [0.3, 0.4) is 0 Å². The molecule has 1 saturated carbocycles. The zero-order valence-electron chi connectivity index (χ0n) is 23.0. The van der Waals surface area contributed by atoms with Crippen LogP contribution in [0.4, 0.5) is 14.5 Å². The van der Waals surface area contributed by atoms with Gasteiger partial charge in [-0.1, -0.05) is 51.1 Å². The molecule has 1 fully saturated rings. The van der Waals surface area contributed by atoms with Crippen LogP contribution in [-0.2, 0) is 6.42 Å². The zero-order chi connectivity index (χ0) is 27.1. The predicted octanol–water partition coefficient (Wildman–Crippen LogP) is 10.4. The Kier molecular flexibility index (Phi) is 5.33. The van der Waals surface area contributed by atoms with Crippen LogP contribution in [0, 0.1) is 12.3 Å². The maximum Gasteiger partial charge on any atom is 0.248 e. The largest absolute Gasteiger partial charge is 0.455 e. The molecule has 0 spiro atoms. The van der Waals surface area contributed by atoms with Gasteiger partial charge in [0.2, 0.25) is 5.92 Å². The Hall–Kier alpha value is -3.53. The lowest BCUT2D eigenvalue weighted by Gasteiger charge is -2.29. The number of aliphatic imine (C=N–C) groups is 1. The Bertz CT molecular complexity index is 1810. The third kappa shape index (κ3) is 4.25. The molecular weight excluding hydrogens is 488 g/mol. The summed E-state index contributed by atoms with van der Waals surface area (Å²) in [7, 11) is 0. The van der Waals surface area contributed by atoms with Crippen molar-refractivity contribution in [2.45, 2.75) is 71.6 Å². The minimum Gasteiger partial charge on any atom is -0.455 e. The second-order valence-electron chi connectivity index (χ2n) is 12.9. The van der Waals surface area contributed by atoms with Crippen molar-refractivity contribution >= 4 is 44.1 Å². The van der Waals surface area contributed by atoms with E-state index >= 15 is 0 Å². The Morgan fingerprint density at radius 3 is 2.46 bits per heavy atom. The van der Waals surface area contributed by atoms with Gasteiger partial charge in [-0.05, 0) is 89.9 Å². The molecule has 4 aromatic carbocycles. The Labute approximate surface area is 227 Å². The highest BCUT2D eigenvalue weighted by atomic mass is 19.3. The highest BCUT2D eigenvalue weighted by Gasteiger charge is 2.36. The van der Waals surface area contributed by atoms with Crippen LogP contribution in [0.5, 0.6) is 0 Å². The Balaban J connectivity index is 1.45. The van der Waals surface area contributed by atoms with Crippen LogP contribution in [-0.4, -0.2) is 11.6 Å². The Morgan fingerprint density at radius 1 is 0.923 bits per heavy atom. The highest BCUT2D eigenvalue weighted by molar-refractivity contribution is 6.30. The molecule has 0 bridgehead atoms. The third-order valence-corrected chi connectivity index (χ3v) is 8.40. The van der Waals surface area contributed by atoms with E-state index in [1.165, 1.54) is 5.56 Å². The molecule has 39 heavy (non-hydrogen) atoms. The van der Waals surface area contributed by atoms with Crippen molar-refractivity contribution in [3.63, 3.8) is 0 Å². The second-order valence-corrected chi connectivity index (χ2v) is 12.9. The van der Waals surface area contributed by atoms with Crippen molar-refractivity contribution < 1.29 is 13.2 Å². The summed E-state index contributed by atoms with van der Waals surface area (Å²) < 4.78 is 34.5. The number of hydrogen-bond acceptors (Lipinski definition) is 2. The summed E-state index contributed by atoms with van der Waals surface area (Å²) in [6, 6.07) is 21.5. The number of benzene rings is 4. The summed E-state index contributed by atoms with van der Waals surface area (Å²) in [6.07, 6.45) is 1.88. The van der Waals surface area contributed by atoms with Gasteiger partial charge in [0.1, 0.15) is 11.2 Å². The first-order valence-electron chi connectivity index (χ1n) is 14.0. The van der Waals surface area contributed by atoms with Crippen LogP contribution in [0.25, 0.3) is 32.7 Å². The first-order valence-corrected chi connectivity index (χ1v) is 14.0. The number of nitrogens with zero attached hydrogens (tertiary/aromatic N) is 1. The number of aryl methyl sites for hydroxylation is 1. The van der Waals surface area contributed by atoms with Gasteiger partial charge in [-0.2, -0.15) is 0 Å². The van der Waals surface area contributed by atoms with Gasteiger partial charge in [0.25, 0.3) is 0 Å². The standard InChI is InChI=1S/C35H33F2NO/c1-20-13-26-25-7-5-6-8-30(25)39-33(26)28(14-20)32-27-18-23(22-9-11-35(36,37)12-10-22)17-24-15-21(19-34(2,3)4)16-29(38-32)31(24)27/h5-8,13-18,22H,9-12,19H2,1-4H3. The molecular formula is C35H33F2NO. The van der Waals surface area contributed by atoms with Crippen molar-refractivity contribution in [3.05, 3.63) is 88.5 Å². The molecule has 1 aliphatic heterocycles. The number of para-hydroxylation sites is 1. The summed E-state index contributed by atoms with van der Waals surface area (Å²) in [6.45, 7) is 8.87. The number of hydrogen-bond donors (Lipinski definition) is 0. The van der Waals surface area contributed by atoms with Crippen LogP contribution >= 0.6 is 0 Å².